The minimum absolute atomic E-state index is 0.0842. The molecule has 20 heavy (non-hydrogen) atoms. The standard InChI is InChI=1S/C14H18FN3O2/c1-10(2)18(7-8-19)9-13-16-14(20-17-13)11-3-5-12(15)6-4-11/h3-6,10,19H,7-9H2,1-2H3. The molecule has 6 heteroatoms. The second kappa shape index (κ2) is 6.58. The number of aliphatic hydroxyl groups is 1. The molecule has 0 spiro atoms. The third kappa shape index (κ3) is 3.61. The van der Waals surface area contributed by atoms with E-state index in [9.17, 15) is 4.39 Å². The predicted molar refractivity (Wildman–Crippen MR) is 72.3 cm³/mol. The van der Waals surface area contributed by atoms with Crippen LogP contribution in [-0.2, 0) is 6.54 Å². The molecule has 0 radical (unpaired) electrons. The Labute approximate surface area is 117 Å². The Kier molecular flexibility index (Phi) is 4.81. The van der Waals surface area contributed by atoms with E-state index in [0.717, 1.165) is 0 Å². The molecule has 0 aliphatic heterocycles. The molecule has 1 aromatic heterocycles. The summed E-state index contributed by atoms with van der Waals surface area (Å²) < 4.78 is 18.0. The number of halogens is 1. The van der Waals surface area contributed by atoms with Gasteiger partial charge in [0.05, 0.1) is 13.2 Å². The number of benzene rings is 1. The lowest BCUT2D eigenvalue weighted by molar-refractivity contribution is 0.155. The van der Waals surface area contributed by atoms with Gasteiger partial charge in [-0.3, -0.25) is 4.90 Å². The zero-order chi connectivity index (χ0) is 14.5. The molecular formula is C14H18FN3O2. The van der Waals surface area contributed by atoms with Crippen molar-refractivity contribution >= 4 is 0 Å². The Bertz CT molecular complexity index is 540. The molecule has 0 saturated heterocycles. The highest BCUT2D eigenvalue weighted by Gasteiger charge is 2.14. The first kappa shape index (κ1) is 14.6. The third-order valence-electron chi connectivity index (χ3n) is 3.02. The molecule has 1 N–H and O–H groups in total. The van der Waals surface area contributed by atoms with Crippen LogP contribution in [0.15, 0.2) is 28.8 Å². The maximum absolute atomic E-state index is 12.9. The summed E-state index contributed by atoms with van der Waals surface area (Å²) in [5.41, 5.74) is 0.684. The molecule has 108 valence electrons. The fourth-order valence-corrected chi connectivity index (χ4v) is 1.86. The van der Waals surface area contributed by atoms with Gasteiger partial charge in [-0.1, -0.05) is 5.16 Å². The normalized spacial score (nSPS) is 11.5. The SMILES string of the molecule is CC(C)N(CCO)Cc1noc(-c2ccc(F)cc2)n1. The van der Waals surface area contributed by atoms with E-state index in [0.29, 0.717) is 30.4 Å². The predicted octanol–water partition coefficient (Wildman–Crippen LogP) is 2.08. The molecule has 2 rings (SSSR count). The molecule has 0 unspecified atom stereocenters. The molecule has 1 heterocycles. The Hall–Kier alpha value is -1.79. The van der Waals surface area contributed by atoms with Crippen LogP contribution in [0.25, 0.3) is 11.5 Å². The topological polar surface area (TPSA) is 62.4 Å². The zero-order valence-corrected chi connectivity index (χ0v) is 11.6. The van der Waals surface area contributed by atoms with Gasteiger partial charge in [0.25, 0.3) is 5.89 Å². The van der Waals surface area contributed by atoms with Crippen molar-refractivity contribution in [3.05, 3.63) is 35.9 Å². The average Bonchev–Trinajstić information content (AvgIpc) is 2.87. The molecule has 0 bridgehead atoms. The molecule has 0 atom stereocenters. The van der Waals surface area contributed by atoms with E-state index >= 15 is 0 Å². The maximum Gasteiger partial charge on any atom is 0.257 e. The Morgan fingerprint density at radius 2 is 2.00 bits per heavy atom. The van der Waals surface area contributed by atoms with Gasteiger partial charge in [-0.05, 0) is 38.1 Å². The summed E-state index contributed by atoms with van der Waals surface area (Å²) >= 11 is 0. The van der Waals surface area contributed by atoms with E-state index in [2.05, 4.69) is 10.1 Å². The lowest BCUT2D eigenvalue weighted by Gasteiger charge is -2.23. The minimum Gasteiger partial charge on any atom is -0.395 e. The van der Waals surface area contributed by atoms with E-state index in [1.165, 1.54) is 12.1 Å². The summed E-state index contributed by atoms with van der Waals surface area (Å²) in [6.45, 7) is 5.22. The number of nitrogens with zero attached hydrogens (tertiary/aromatic N) is 3. The number of hydrogen-bond acceptors (Lipinski definition) is 5. The van der Waals surface area contributed by atoms with E-state index in [-0.39, 0.29) is 18.5 Å². The highest BCUT2D eigenvalue weighted by Crippen LogP contribution is 2.18. The molecule has 0 saturated carbocycles. The number of aliphatic hydroxyl groups excluding tert-OH is 1. The van der Waals surface area contributed by atoms with Crippen LogP contribution >= 0.6 is 0 Å². The van der Waals surface area contributed by atoms with Gasteiger partial charge in [0.2, 0.25) is 0 Å². The highest BCUT2D eigenvalue weighted by atomic mass is 19.1. The van der Waals surface area contributed by atoms with Crippen LogP contribution in [0.5, 0.6) is 0 Å². The molecule has 0 amide bonds. The van der Waals surface area contributed by atoms with E-state index in [4.69, 9.17) is 9.63 Å². The van der Waals surface area contributed by atoms with Crippen LogP contribution in [0.4, 0.5) is 4.39 Å². The van der Waals surface area contributed by atoms with Gasteiger partial charge in [0.1, 0.15) is 5.82 Å². The van der Waals surface area contributed by atoms with Crippen LogP contribution in [0.2, 0.25) is 0 Å². The van der Waals surface area contributed by atoms with Gasteiger partial charge in [-0.15, -0.1) is 0 Å². The molecule has 5 nitrogen and oxygen atoms in total. The lowest BCUT2D eigenvalue weighted by Crippen LogP contribution is -2.33. The van der Waals surface area contributed by atoms with Crippen molar-refractivity contribution in [3.8, 4) is 11.5 Å². The number of rotatable bonds is 6. The first-order chi connectivity index (χ1) is 9.60. The minimum atomic E-state index is -0.303. The largest absolute Gasteiger partial charge is 0.395 e. The van der Waals surface area contributed by atoms with Crippen molar-refractivity contribution in [2.45, 2.75) is 26.4 Å². The summed E-state index contributed by atoms with van der Waals surface area (Å²) in [4.78, 5) is 6.33. The average molecular weight is 279 g/mol. The van der Waals surface area contributed by atoms with Crippen molar-refractivity contribution in [1.82, 2.24) is 15.0 Å². The van der Waals surface area contributed by atoms with Crippen LogP contribution in [0, 0.1) is 5.82 Å². The van der Waals surface area contributed by atoms with Crippen LogP contribution in [0.1, 0.15) is 19.7 Å². The fraction of sp³-hybridized carbons (Fsp3) is 0.429. The van der Waals surface area contributed by atoms with Crippen molar-refractivity contribution in [1.29, 1.82) is 0 Å². The van der Waals surface area contributed by atoms with E-state index in [1.807, 2.05) is 18.7 Å². The van der Waals surface area contributed by atoms with Crippen LogP contribution < -0.4 is 0 Å². The van der Waals surface area contributed by atoms with Gasteiger partial charge in [-0.25, -0.2) is 4.39 Å². The summed E-state index contributed by atoms with van der Waals surface area (Å²) in [5, 5.41) is 12.9. The molecular weight excluding hydrogens is 261 g/mol. The Morgan fingerprint density at radius 3 is 2.60 bits per heavy atom. The smallest absolute Gasteiger partial charge is 0.257 e. The van der Waals surface area contributed by atoms with Gasteiger partial charge in [-0.2, -0.15) is 4.98 Å². The van der Waals surface area contributed by atoms with Crippen LogP contribution in [-0.4, -0.2) is 39.3 Å². The highest BCUT2D eigenvalue weighted by molar-refractivity contribution is 5.52. The number of aromatic nitrogens is 2. The second-order valence-electron chi connectivity index (χ2n) is 4.81. The lowest BCUT2D eigenvalue weighted by atomic mass is 10.2. The van der Waals surface area contributed by atoms with Crippen molar-refractivity contribution in [2.24, 2.45) is 0 Å². The maximum atomic E-state index is 12.9. The van der Waals surface area contributed by atoms with Gasteiger partial charge in [0, 0.05) is 18.2 Å². The van der Waals surface area contributed by atoms with Gasteiger partial charge < -0.3 is 9.63 Å². The molecule has 2 aromatic rings. The molecule has 0 aliphatic rings. The number of hydrogen-bond donors (Lipinski definition) is 1. The Morgan fingerprint density at radius 1 is 1.30 bits per heavy atom. The monoisotopic (exact) mass is 279 g/mol. The fourth-order valence-electron chi connectivity index (χ4n) is 1.86. The third-order valence-corrected chi connectivity index (χ3v) is 3.02. The van der Waals surface area contributed by atoms with Crippen molar-refractivity contribution in [2.75, 3.05) is 13.2 Å². The molecule has 0 fully saturated rings. The first-order valence-electron chi connectivity index (χ1n) is 6.53. The van der Waals surface area contributed by atoms with E-state index < -0.39 is 0 Å². The summed E-state index contributed by atoms with van der Waals surface area (Å²) in [5.74, 6) is 0.613. The summed E-state index contributed by atoms with van der Waals surface area (Å²) in [6.07, 6.45) is 0. The van der Waals surface area contributed by atoms with Crippen LogP contribution in [0.3, 0.4) is 0 Å². The molecule has 1 aromatic carbocycles. The quantitative estimate of drug-likeness (QED) is 0.877. The second-order valence-corrected chi connectivity index (χ2v) is 4.81. The molecule has 0 aliphatic carbocycles. The summed E-state index contributed by atoms with van der Waals surface area (Å²) in [7, 11) is 0. The zero-order valence-electron chi connectivity index (χ0n) is 11.6. The van der Waals surface area contributed by atoms with Gasteiger partial charge >= 0.3 is 0 Å². The Balaban J connectivity index is 2.10. The first-order valence-corrected chi connectivity index (χ1v) is 6.53. The van der Waals surface area contributed by atoms with Gasteiger partial charge in [0.15, 0.2) is 5.82 Å². The van der Waals surface area contributed by atoms with E-state index in [1.54, 1.807) is 12.1 Å². The van der Waals surface area contributed by atoms with Crippen molar-refractivity contribution in [3.63, 3.8) is 0 Å². The summed E-state index contributed by atoms with van der Waals surface area (Å²) in [6, 6.07) is 6.17. The van der Waals surface area contributed by atoms with Crippen molar-refractivity contribution < 1.29 is 14.0 Å².